The summed E-state index contributed by atoms with van der Waals surface area (Å²) in [5, 5.41) is 0. The predicted molar refractivity (Wildman–Crippen MR) is 66.0 cm³/mol. The van der Waals surface area contributed by atoms with Crippen molar-refractivity contribution in [2.45, 2.75) is 53.1 Å². The van der Waals surface area contributed by atoms with E-state index in [0.29, 0.717) is 11.8 Å². The molecule has 0 heterocycles. The van der Waals surface area contributed by atoms with Crippen LogP contribution >= 0.6 is 0 Å². The summed E-state index contributed by atoms with van der Waals surface area (Å²) in [4.78, 5) is 11.6. The van der Waals surface area contributed by atoms with E-state index >= 15 is 0 Å². The van der Waals surface area contributed by atoms with Crippen molar-refractivity contribution in [1.82, 2.24) is 0 Å². The molecule has 0 N–H and O–H groups in total. The third-order valence-corrected chi connectivity index (χ3v) is 3.33. The molecule has 0 aromatic heterocycles. The van der Waals surface area contributed by atoms with Crippen LogP contribution in [0.1, 0.15) is 47.5 Å². The van der Waals surface area contributed by atoms with Crippen LogP contribution < -0.4 is 0 Å². The van der Waals surface area contributed by atoms with Crippen LogP contribution in [0.3, 0.4) is 0 Å². The predicted octanol–water partition coefficient (Wildman–Crippen LogP) is 3.57. The fourth-order valence-electron chi connectivity index (χ4n) is 1.99. The molecule has 0 saturated carbocycles. The lowest BCUT2D eigenvalue weighted by atomic mass is 9.80. The molecule has 0 aliphatic heterocycles. The van der Waals surface area contributed by atoms with Crippen molar-refractivity contribution in [3.8, 4) is 0 Å². The summed E-state index contributed by atoms with van der Waals surface area (Å²) in [6.45, 7) is 9.99. The number of carbonyl (C=O) groups excluding carboxylic acids is 1. The molecule has 0 amide bonds. The third-order valence-electron chi connectivity index (χ3n) is 3.33. The van der Waals surface area contributed by atoms with E-state index in [1.807, 2.05) is 27.7 Å². The van der Waals surface area contributed by atoms with Crippen molar-refractivity contribution in [3.63, 3.8) is 0 Å². The Labute approximate surface area is 99.1 Å². The average Bonchev–Trinajstić information content (AvgIpc) is 2.17. The van der Waals surface area contributed by atoms with Crippen molar-refractivity contribution < 1.29 is 9.53 Å². The summed E-state index contributed by atoms with van der Waals surface area (Å²) in [5.74, 6) is 0.863. The van der Waals surface area contributed by atoms with Gasteiger partial charge in [-0.25, -0.2) is 0 Å². The molecule has 0 spiro atoms. The lowest BCUT2D eigenvalue weighted by Gasteiger charge is -2.35. The highest BCUT2D eigenvalue weighted by Crippen LogP contribution is 2.33. The number of hydrogen-bond acceptors (Lipinski definition) is 2. The SMILES string of the molecule is CC1C=CC(C(C)(C)OC(=O)C(C)C)CC1. The third kappa shape index (κ3) is 3.36. The number of hydrogen-bond donors (Lipinski definition) is 0. The molecular weight excluding hydrogens is 200 g/mol. The Bertz CT molecular complexity index is 276. The number of allylic oxidation sites excluding steroid dienone is 1. The Kier molecular flexibility index (Phi) is 4.17. The molecule has 2 heteroatoms. The Morgan fingerprint density at radius 2 is 1.94 bits per heavy atom. The van der Waals surface area contributed by atoms with Crippen LogP contribution in [0.2, 0.25) is 0 Å². The van der Waals surface area contributed by atoms with Gasteiger partial charge in [0.2, 0.25) is 0 Å². The van der Waals surface area contributed by atoms with Gasteiger partial charge in [0.15, 0.2) is 0 Å². The maximum atomic E-state index is 11.6. The van der Waals surface area contributed by atoms with E-state index in [1.54, 1.807) is 0 Å². The van der Waals surface area contributed by atoms with E-state index in [9.17, 15) is 4.79 Å². The molecule has 0 aromatic rings. The molecule has 1 aliphatic rings. The summed E-state index contributed by atoms with van der Waals surface area (Å²) in [5.41, 5.74) is -0.377. The van der Waals surface area contributed by atoms with Gasteiger partial charge in [0, 0.05) is 5.92 Å². The fraction of sp³-hybridized carbons (Fsp3) is 0.786. The minimum atomic E-state index is -0.377. The van der Waals surface area contributed by atoms with E-state index < -0.39 is 0 Å². The lowest BCUT2D eigenvalue weighted by molar-refractivity contribution is -0.164. The van der Waals surface area contributed by atoms with Crippen LogP contribution in [0.25, 0.3) is 0 Å². The Morgan fingerprint density at radius 3 is 2.38 bits per heavy atom. The maximum absolute atomic E-state index is 11.6. The van der Waals surface area contributed by atoms with Gasteiger partial charge in [0.05, 0.1) is 5.92 Å². The second-order valence-electron chi connectivity index (χ2n) is 5.73. The van der Waals surface area contributed by atoms with Crippen molar-refractivity contribution >= 4 is 5.97 Å². The quantitative estimate of drug-likeness (QED) is 0.541. The van der Waals surface area contributed by atoms with Gasteiger partial charge in [0.25, 0.3) is 0 Å². The van der Waals surface area contributed by atoms with Crippen molar-refractivity contribution in [2.24, 2.45) is 17.8 Å². The maximum Gasteiger partial charge on any atom is 0.308 e. The van der Waals surface area contributed by atoms with Crippen LogP contribution in [0, 0.1) is 17.8 Å². The molecule has 1 aliphatic carbocycles. The average molecular weight is 224 g/mol. The van der Waals surface area contributed by atoms with Crippen LogP contribution in [0.5, 0.6) is 0 Å². The number of carbonyl (C=O) groups is 1. The van der Waals surface area contributed by atoms with Gasteiger partial charge in [-0.3, -0.25) is 4.79 Å². The first-order valence-electron chi connectivity index (χ1n) is 6.24. The molecule has 0 bridgehead atoms. The van der Waals surface area contributed by atoms with Crippen molar-refractivity contribution in [3.05, 3.63) is 12.2 Å². The fourth-order valence-corrected chi connectivity index (χ4v) is 1.99. The van der Waals surface area contributed by atoms with Gasteiger partial charge in [-0.05, 0) is 32.6 Å². The molecule has 0 fully saturated rings. The molecule has 0 radical (unpaired) electrons. The summed E-state index contributed by atoms with van der Waals surface area (Å²) in [6, 6.07) is 0. The first-order chi connectivity index (χ1) is 7.33. The zero-order chi connectivity index (χ0) is 12.3. The summed E-state index contributed by atoms with van der Waals surface area (Å²) >= 11 is 0. The lowest BCUT2D eigenvalue weighted by Crippen LogP contribution is -2.38. The number of ether oxygens (including phenoxy) is 1. The standard InChI is InChI=1S/C14H24O2/c1-10(2)13(15)16-14(4,5)12-8-6-11(3)7-9-12/h6,8,10-12H,7,9H2,1-5H3. The van der Waals surface area contributed by atoms with Crippen LogP contribution in [-0.4, -0.2) is 11.6 Å². The van der Waals surface area contributed by atoms with Crippen molar-refractivity contribution in [2.75, 3.05) is 0 Å². The molecule has 1 rings (SSSR count). The van der Waals surface area contributed by atoms with Crippen molar-refractivity contribution in [1.29, 1.82) is 0 Å². The number of rotatable bonds is 3. The molecule has 2 nitrogen and oxygen atoms in total. The normalized spacial score (nSPS) is 25.9. The Hall–Kier alpha value is -0.790. The largest absolute Gasteiger partial charge is 0.459 e. The molecule has 92 valence electrons. The molecule has 2 atom stereocenters. The van der Waals surface area contributed by atoms with Gasteiger partial charge >= 0.3 is 5.97 Å². The highest BCUT2D eigenvalue weighted by molar-refractivity contribution is 5.72. The second-order valence-corrected chi connectivity index (χ2v) is 5.73. The molecule has 16 heavy (non-hydrogen) atoms. The van der Waals surface area contributed by atoms with Gasteiger partial charge in [-0.1, -0.05) is 32.9 Å². The van der Waals surface area contributed by atoms with Gasteiger partial charge < -0.3 is 4.74 Å². The zero-order valence-corrected chi connectivity index (χ0v) is 11.1. The highest BCUT2D eigenvalue weighted by Gasteiger charge is 2.33. The summed E-state index contributed by atoms with van der Waals surface area (Å²) < 4.78 is 5.58. The van der Waals surface area contributed by atoms with Gasteiger partial charge in [-0.15, -0.1) is 0 Å². The van der Waals surface area contributed by atoms with E-state index in [0.717, 1.165) is 6.42 Å². The Balaban J connectivity index is 2.63. The summed E-state index contributed by atoms with van der Waals surface area (Å²) in [7, 11) is 0. The zero-order valence-electron chi connectivity index (χ0n) is 11.1. The highest BCUT2D eigenvalue weighted by atomic mass is 16.6. The summed E-state index contributed by atoms with van der Waals surface area (Å²) in [6.07, 6.45) is 6.74. The van der Waals surface area contributed by atoms with E-state index in [-0.39, 0.29) is 17.5 Å². The number of esters is 1. The van der Waals surface area contributed by atoms with E-state index in [2.05, 4.69) is 19.1 Å². The molecular formula is C14H24O2. The monoisotopic (exact) mass is 224 g/mol. The van der Waals surface area contributed by atoms with Gasteiger partial charge in [-0.2, -0.15) is 0 Å². The second kappa shape index (κ2) is 5.03. The molecule has 0 saturated heterocycles. The first-order valence-corrected chi connectivity index (χ1v) is 6.24. The van der Waals surface area contributed by atoms with E-state index in [4.69, 9.17) is 4.74 Å². The van der Waals surface area contributed by atoms with Crippen LogP contribution in [0.15, 0.2) is 12.2 Å². The smallest absolute Gasteiger partial charge is 0.308 e. The van der Waals surface area contributed by atoms with Crippen LogP contribution in [-0.2, 0) is 9.53 Å². The van der Waals surface area contributed by atoms with E-state index in [1.165, 1.54) is 6.42 Å². The topological polar surface area (TPSA) is 26.3 Å². The molecule has 0 aromatic carbocycles. The Morgan fingerprint density at radius 1 is 1.31 bits per heavy atom. The minimum Gasteiger partial charge on any atom is -0.459 e. The van der Waals surface area contributed by atoms with Gasteiger partial charge in [0.1, 0.15) is 5.60 Å². The minimum absolute atomic E-state index is 0.0502. The molecule has 2 unspecified atom stereocenters. The van der Waals surface area contributed by atoms with Crippen LogP contribution in [0.4, 0.5) is 0 Å². The first kappa shape index (κ1) is 13.3.